The highest BCUT2D eigenvalue weighted by molar-refractivity contribution is 5.74. The molecule has 28 heavy (non-hydrogen) atoms. The first-order chi connectivity index (χ1) is 13.5. The number of benzene rings is 1. The third-order valence-corrected chi connectivity index (χ3v) is 6.40. The average molecular weight is 390 g/mol. The van der Waals surface area contributed by atoms with Gasteiger partial charge in [-0.15, -0.1) is 0 Å². The second kappa shape index (κ2) is 9.73. The van der Waals surface area contributed by atoms with Crippen LogP contribution < -0.4 is 5.32 Å². The van der Waals surface area contributed by atoms with Gasteiger partial charge in [0.2, 0.25) is 0 Å². The summed E-state index contributed by atoms with van der Waals surface area (Å²) in [4.78, 5) is 17.2. The van der Waals surface area contributed by atoms with Gasteiger partial charge in [0, 0.05) is 31.6 Å². The van der Waals surface area contributed by atoms with Gasteiger partial charge in [0.25, 0.3) is 0 Å². The Labute approximate surface area is 169 Å². The van der Waals surface area contributed by atoms with Gasteiger partial charge >= 0.3 is 6.03 Å². The first-order valence-electron chi connectivity index (χ1n) is 11.0. The molecule has 0 unspecified atom stereocenters. The number of piperidine rings is 1. The Kier molecular flexibility index (Phi) is 7.33. The van der Waals surface area contributed by atoms with Crippen molar-refractivity contribution >= 4 is 6.03 Å². The van der Waals surface area contributed by atoms with Gasteiger partial charge in [-0.25, -0.2) is 9.18 Å². The minimum atomic E-state index is -0.438. The molecule has 4 nitrogen and oxygen atoms in total. The highest BCUT2D eigenvalue weighted by atomic mass is 19.1. The molecule has 2 aliphatic heterocycles. The average Bonchev–Trinajstić information content (AvgIpc) is 2.96. The summed E-state index contributed by atoms with van der Waals surface area (Å²) in [5, 5.41) is 3.03. The molecular weight excluding hydrogens is 353 g/mol. The van der Waals surface area contributed by atoms with Crippen LogP contribution in [0.25, 0.3) is 0 Å². The van der Waals surface area contributed by atoms with Gasteiger partial charge in [-0.2, -0.15) is 0 Å². The molecule has 5 heteroatoms. The van der Waals surface area contributed by atoms with E-state index in [2.05, 4.69) is 10.2 Å². The minimum Gasteiger partial charge on any atom is -0.337 e. The van der Waals surface area contributed by atoms with E-state index in [4.69, 9.17) is 0 Å². The normalized spacial score (nSPS) is 20.0. The molecule has 2 saturated heterocycles. The molecule has 0 spiro atoms. The lowest BCUT2D eigenvalue weighted by molar-refractivity contribution is 0.147. The predicted molar refractivity (Wildman–Crippen MR) is 112 cm³/mol. The maximum atomic E-state index is 14.1. The van der Waals surface area contributed by atoms with Crippen molar-refractivity contribution in [2.24, 2.45) is 5.92 Å². The van der Waals surface area contributed by atoms with Crippen LogP contribution in [0.1, 0.15) is 57.9 Å². The lowest BCUT2D eigenvalue weighted by Gasteiger charge is -2.35. The number of nitrogens with one attached hydrogen (secondary N) is 1. The van der Waals surface area contributed by atoms with Crippen molar-refractivity contribution in [2.75, 3.05) is 39.3 Å². The summed E-state index contributed by atoms with van der Waals surface area (Å²) in [6, 6.07) is 6.81. The van der Waals surface area contributed by atoms with E-state index in [-0.39, 0.29) is 11.8 Å². The molecule has 0 bridgehead atoms. The number of halogens is 1. The van der Waals surface area contributed by atoms with E-state index in [9.17, 15) is 9.18 Å². The van der Waals surface area contributed by atoms with E-state index in [0.29, 0.717) is 18.0 Å². The molecule has 3 rings (SSSR count). The Morgan fingerprint density at radius 2 is 1.71 bits per heavy atom. The molecular formula is C23H36FN3O. The highest BCUT2D eigenvalue weighted by Gasteiger charge is 2.28. The first-order valence-corrected chi connectivity index (χ1v) is 11.0. The monoisotopic (exact) mass is 389 g/mol. The lowest BCUT2D eigenvalue weighted by Crippen LogP contribution is -2.48. The van der Waals surface area contributed by atoms with E-state index in [1.807, 2.05) is 24.8 Å². The Bertz CT molecular complexity index is 632. The zero-order chi connectivity index (χ0) is 20.0. The summed E-state index contributed by atoms with van der Waals surface area (Å²) in [7, 11) is 0. The number of likely N-dealkylation sites (tertiary alicyclic amines) is 2. The van der Waals surface area contributed by atoms with Gasteiger partial charge < -0.3 is 15.1 Å². The first kappa shape index (κ1) is 21.1. The van der Waals surface area contributed by atoms with Gasteiger partial charge in [0.1, 0.15) is 5.82 Å². The van der Waals surface area contributed by atoms with Crippen LogP contribution in [0, 0.1) is 11.7 Å². The SMILES string of the molecule is CC(C)(CNC(=O)N1CCC(CN2CCCCCC2)CC1)c1ccccc1F. The van der Waals surface area contributed by atoms with Crippen molar-refractivity contribution in [3.63, 3.8) is 0 Å². The highest BCUT2D eigenvalue weighted by Crippen LogP contribution is 2.25. The zero-order valence-corrected chi connectivity index (χ0v) is 17.6. The largest absolute Gasteiger partial charge is 0.337 e. The number of amides is 2. The van der Waals surface area contributed by atoms with Crippen LogP contribution in [-0.4, -0.2) is 55.1 Å². The molecule has 0 aliphatic carbocycles. The number of nitrogens with zero attached hydrogens (tertiary/aromatic N) is 2. The Hall–Kier alpha value is -1.62. The van der Waals surface area contributed by atoms with Crippen LogP contribution in [-0.2, 0) is 5.41 Å². The van der Waals surface area contributed by atoms with Crippen LogP contribution in [0.5, 0.6) is 0 Å². The number of carbonyl (C=O) groups is 1. The second-order valence-electron chi connectivity index (χ2n) is 9.17. The second-order valence-corrected chi connectivity index (χ2v) is 9.17. The van der Waals surface area contributed by atoms with E-state index in [1.165, 1.54) is 51.4 Å². The van der Waals surface area contributed by atoms with Crippen LogP contribution in [0.15, 0.2) is 24.3 Å². The van der Waals surface area contributed by atoms with E-state index >= 15 is 0 Å². The van der Waals surface area contributed by atoms with Crippen LogP contribution in [0.3, 0.4) is 0 Å². The third-order valence-electron chi connectivity index (χ3n) is 6.40. The fourth-order valence-electron chi connectivity index (χ4n) is 4.52. The number of carbonyl (C=O) groups excluding carboxylic acids is 1. The van der Waals surface area contributed by atoms with Gasteiger partial charge in [-0.1, -0.05) is 44.9 Å². The third kappa shape index (κ3) is 5.69. The van der Waals surface area contributed by atoms with Crippen LogP contribution in [0.4, 0.5) is 9.18 Å². The maximum absolute atomic E-state index is 14.1. The standard InChI is InChI=1S/C23H36FN3O/c1-23(2,20-9-5-6-10-21(20)24)18-25-22(28)27-15-11-19(12-16-27)17-26-13-7-3-4-8-14-26/h5-6,9-10,19H,3-4,7-8,11-18H2,1-2H3,(H,25,28). The van der Waals surface area contributed by atoms with Crippen LogP contribution >= 0.6 is 0 Å². The molecule has 1 N–H and O–H groups in total. The minimum absolute atomic E-state index is 0.0161. The van der Waals surface area contributed by atoms with Gasteiger partial charge in [-0.05, 0) is 56.3 Å². The Morgan fingerprint density at radius 1 is 1.07 bits per heavy atom. The maximum Gasteiger partial charge on any atom is 0.317 e. The van der Waals surface area contributed by atoms with Crippen molar-refractivity contribution in [1.29, 1.82) is 0 Å². The molecule has 2 amide bonds. The molecule has 2 aliphatic rings. The van der Waals surface area contributed by atoms with E-state index in [0.717, 1.165) is 25.9 Å². The van der Waals surface area contributed by atoms with Gasteiger partial charge in [0.05, 0.1) is 0 Å². The summed E-state index contributed by atoms with van der Waals surface area (Å²) in [5.74, 6) is 0.494. The van der Waals surface area contributed by atoms with E-state index in [1.54, 1.807) is 12.1 Å². The Balaban J connectivity index is 1.43. The van der Waals surface area contributed by atoms with E-state index < -0.39 is 5.41 Å². The topological polar surface area (TPSA) is 35.6 Å². The van der Waals surface area contributed by atoms with Crippen molar-refractivity contribution < 1.29 is 9.18 Å². The van der Waals surface area contributed by atoms with Crippen molar-refractivity contribution in [2.45, 2.75) is 57.8 Å². The van der Waals surface area contributed by atoms with Gasteiger partial charge in [-0.3, -0.25) is 0 Å². The molecule has 2 fully saturated rings. The van der Waals surface area contributed by atoms with Crippen molar-refractivity contribution in [1.82, 2.24) is 15.1 Å². The Morgan fingerprint density at radius 3 is 2.36 bits per heavy atom. The molecule has 1 aromatic rings. The quantitative estimate of drug-likeness (QED) is 0.810. The number of hydrogen-bond donors (Lipinski definition) is 1. The lowest BCUT2D eigenvalue weighted by atomic mass is 9.84. The molecule has 0 saturated carbocycles. The number of hydrogen-bond acceptors (Lipinski definition) is 2. The molecule has 2 heterocycles. The fourth-order valence-corrected chi connectivity index (χ4v) is 4.52. The molecule has 0 atom stereocenters. The molecule has 0 radical (unpaired) electrons. The van der Waals surface area contributed by atoms with Crippen molar-refractivity contribution in [3.05, 3.63) is 35.6 Å². The van der Waals surface area contributed by atoms with Gasteiger partial charge in [0.15, 0.2) is 0 Å². The zero-order valence-electron chi connectivity index (χ0n) is 17.6. The predicted octanol–water partition coefficient (Wildman–Crippen LogP) is 4.40. The molecule has 156 valence electrons. The summed E-state index contributed by atoms with van der Waals surface area (Å²) in [5.41, 5.74) is 0.206. The number of urea groups is 1. The fraction of sp³-hybridized carbons (Fsp3) is 0.696. The summed E-state index contributed by atoms with van der Waals surface area (Å²) in [6.07, 6.45) is 7.58. The van der Waals surface area contributed by atoms with Crippen molar-refractivity contribution in [3.8, 4) is 0 Å². The smallest absolute Gasteiger partial charge is 0.317 e. The summed E-state index contributed by atoms with van der Waals surface area (Å²) in [6.45, 7) is 9.70. The summed E-state index contributed by atoms with van der Waals surface area (Å²) < 4.78 is 14.1. The summed E-state index contributed by atoms with van der Waals surface area (Å²) >= 11 is 0. The molecule has 1 aromatic carbocycles. The van der Waals surface area contributed by atoms with Crippen LogP contribution in [0.2, 0.25) is 0 Å². The number of rotatable bonds is 5. The molecule has 0 aromatic heterocycles.